The predicted octanol–water partition coefficient (Wildman–Crippen LogP) is 4.65. The molecule has 27 heavy (non-hydrogen) atoms. The maximum absolute atomic E-state index is 9.33. The van der Waals surface area contributed by atoms with Crippen LogP contribution >= 0.6 is 46.5 Å². The van der Waals surface area contributed by atoms with Crippen molar-refractivity contribution in [3.8, 4) is 11.8 Å². The topological polar surface area (TPSA) is 70.6 Å². The SMILES string of the molecule is N#Cc1c(Cl)nsc1Sc1nnc(CN2CCCC2)n1-c1ccc(Cl)cc1. The molecular weight excluding hydrogens is 423 g/mol. The first-order valence-electron chi connectivity index (χ1n) is 8.31. The molecule has 2 aromatic heterocycles. The fourth-order valence-corrected chi connectivity index (χ4v) is 5.21. The average Bonchev–Trinajstić information content (AvgIpc) is 3.39. The summed E-state index contributed by atoms with van der Waals surface area (Å²) in [4.78, 5) is 2.37. The molecule has 0 saturated carbocycles. The van der Waals surface area contributed by atoms with E-state index in [4.69, 9.17) is 23.2 Å². The monoisotopic (exact) mass is 436 g/mol. The third kappa shape index (κ3) is 3.98. The predicted molar refractivity (Wildman–Crippen MR) is 107 cm³/mol. The van der Waals surface area contributed by atoms with Crippen LogP contribution in [0.15, 0.2) is 33.6 Å². The lowest BCUT2D eigenvalue weighted by Crippen LogP contribution is -2.21. The summed E-state index contributed by atoms with van der Waals surface area (Å²) < 4.78 is 6.78. The van der Waals surface area contributed by atoms with Crippen molar-refractivity contribution in [2.75, 3.05) is 13.1 Å². The zero-order valence-corrected chi connectivity index (χ0v) is 17.2. The van der Waals surface area contributed by atoms with Crippen molar-refractivity contribution in [1.82, 2.24) is 24.0 Å². The minimum atomic E-state index is 0.222. The van der Waals surface area contributed by atoms with Gasteiger partial charge in [0.05, 0.1) is 6.54 Å². The Morgan fingerprint density at radius 3 is 2.59 bits per heavy atom. The quantitative estimate of drug-likeness (QED) is 0.579. The molecule has 0 atom stereocenters. The first-order valence-corrected chi connectivity index (χ1v) is 10.7. The molecule has 0 unspecified atom stereocenters. The van der Waals surface area contributed by atoms with Crippen LogP contribution in [0.4, 0.5) is 0 Å². The highest BCUT2D eigenvalue weighted by Gasteiger charge is 2.22. The van der Waals surface area contributed by atoms with E-state index < -0.39 is 0 Å². The van der Waals surface area contributed by atoms with Gasteiger partial charge in [0, 0.05) is 10.7 Å². The molecule has 0 amide bonds. The molecule has 0 bridgehead atoms. The third-order valence-electron chi connectivity index (χ3n) is 4.26. The van der Waals surface area contributed by atoms with Gasteiger partial charge < -0.3 is 0 Å². The summed E-state index contributed by atoms with van der Waals surface area (Å²) in [5.74, 6) is 0.857. The molecule has 10 heteroatoms. The summed E-state index contributed by atoms with van der Waals surface area (Å²) in [6, 6.07) is 9.67. The van der Waals surface area contributed by atoms with E-state index in [9.17, 15) is 5.26 Å². The van der Waals surface area contributed by atoms with Gasteiger partial charge in [0.2, 0.25) is 5.16 Å². The van der Waals surface area contributed by atoms with E-state index in [0.717, 1.165) is 31.1 Å². The van der Waals surface area contributed by atoms with E-state index in [1.807, 2.05) is 28.8 Å². The summed E-state index contributed by atoms with van der Waals surface area (Å²) >= 11 is 14.6. The van der Waals surface area contributed by atoms with Gasteiger partial charge in [-0.2, -0.15) is 9.64 Å². The van der Waals surface area contributed by atoms with Crippen LogP contribution in [0.3, 0.4) is 0 Å². The molecule has 6 nitrogen and oxygen atoms in total. The zero-order valence-electron chi connectivity index (χ0n) is 14.1. The molecule has 0 radical (unpaired) electrons. The van der Waals surface area contributed by atoms with Gasteiger partial charge in [-0.3, -0.25) is 9.47 Å². The van der Waals surface area contributed by atoms with Gasteiger partial charge >= 0.3 is 0 Å². The molecule has 138 valence electrons. The molecule has 1 aliphatic rings. The number of aromatic nitrogens is 4. The molecular formula is C17H14Cl2N6S2. The minimum absolute atomic E-state index is 0.222. The van der Waals surface area contributed by atoms with Gasteiger partial charge in [0.25, 0.3) is 0 Å². The normalized spacial score (nSPS) is 14.6. The molecule has 1 fully saturated rings. The largest absolute Gasteiger partial charge is 0.296 e. The molecule has 3 aromatic rings. The van der Waals surface area contributed by atoms with Crippen LogP contribution < -0.4 is 0 Å². The highest BCUT2D eigenvalue weighted by molar-refractivity contribution is 8.01. The first-order chi connectivity index (χ1) is 13.2. The molecule has 3 heterocycles. The van der Waals surface area contributed by atoms with Crippen molar-refractivity contribution >= 4 is 46.5 Å². The van der Waals surface area contributed by atoms with E-state index in [1.165, 1.54) is 36.1 Å². The molecule has 0 N–H and O–H groups in total. The first kappa shape index (κ1) is 18.7. The Labute approximate surface area is 174 Å². The standard InChI is InChI=1S/C17H14Cl2N6S2/c18-11-3-5-12(6-4-11)25-14(10-24-7-1-2-8-24)21-22-17(25)26-16-13(9-20)15(19)23-27-16/h3-6H,1-2,7-8,10H2. The Kier molecular flexibility index (Phi) is 5.66. The van der Waals surface area contributed by atoms with Crippen molar-refractivity contribution in [3.05, 3.63) is 45.8 Å². The van der Waals surface area contributed by atoms with Crippen LogP contribution in [0.2, 0.25) is 10.2 Å². The smallest absolute Gasteiger partial charge is 0.201 e. The minimum Gasteiger partial charge on any atom is -0.296 e. The summed E-state index contributed by atoms with van der Waals surface area (Å²) in [7, 11) is 0. The Bertz CT molecular complexity index is 986. The van der Waals surface area contributed by atoms with Gasteiger partial charge in [-0.25, -0.2) is 0 Å². The number of likely N-dealkylation sites (tertiary alicyclic amines) is 1. The number of nitriles is 1. The van der Waals surface area contributed by atoms with Crippen molar-refractivity contribution in [1.29, 1.82) is 5.26 Å². The number of rotatable bonds is 5. The van der Waals surface area contributed by atoms with Crippen LogP contribution in [0.25, 0.3) is 5.69 Å². The number of benzene rings is 1. The number of hydrogen-bond donors (Lipinski definition) is 0. The van der Waals surface area contributed by atoms with E-state index in [2.05, 4.69) is 25.5 Å². The summed E-state index contributed by atoms with van der Waals surface area (Å²) in [5, 5.41) is 19.7. The van der Waals surface area contributed by atoms with Crippen LogP contribution in [-0.2, 0) is 6.54 Å². The average molecular weight is 437 g/mol. The molecule has 4 rings (SSSR count). The Morgan fingerprint density at radius 2 is 1.89 bits per heavy atom. The molecule has 1 aliphatic heterocycles. The number of hydrogen-bond acceptors (Lipinski definition) is 7. The fraction of sp³-hybridized carbons (Fsp3) is 0.294. The number of nitrogens with zero attached hydrogens (tertiary/aromatic N) is 6. The maximum atomic E-state index is 9.33. The van der Waals surface area contributed by atoms with Crippen LogP contribution in [0.1, 0.15) is 24.2 Å². The Hall–Kier alpha value is -1.63. The van der Waals surface area contributed by atoms with E-state index in [1.54, 1.807) is 0 Å². The zero-order chi connectivity index (χ0) is 18.8. The molecule has 1 saturated heterocycles. The van der Waals surface area contributed by atoms with Crippen molar-refractivity contribution in [2.45, 2.75) is 28.8 Å². The summed E-state index contributed by atoms with van der Waals surface area (Å²) in [6.07, 6.45) is 2.42. The van der Waals surface area contributed by atoms with E-state index >= 15 is 0 Å². The second kappa shape index (κ2) is 8.17. The number of halogens is 2. The van der Waals surface area contributed by atoms with Crippen molar-refractivity contribution < 1.29 is 0 Å². The van der Waals surface area contributed by atoms with Crippen molar-refractivity contribution in [3.63, 3.8) is 0 Å². The highest BCUT2D eigenvalue weighted by atomic mass is 35.5. The van der Waals surface area contributed by atoms with Gasteiger partial charge in [0.15, 0.2) is 11.0 Å². The van der Waals surface area contributed by atoms with Crippen LogP contribution in [0, 0.1) is 11.3 Å². The van der Waals surface area contributed by atoms with Gasteiger partial charge in [0.1, 0.15) is 15.8 Å². The van der Waals surface area contributed by atoms with Gasteiger partial charge in [-0.1, -0.05) is 23.2 Å². The van der Waals surface area contributed by atoms with Crippen LogP contribution in [0.5, 0.6) is 0 Å². The lowest BCUT2D eigenvalue weighted by molar-refractivity contribution is 0.319. The Morgan fingerprint density at radius 1 is 1.15 bits per heavy atom. The lowest BCUT2D eigenvalue weighted by Gasteiger charge is -2.15. The van der Waals surface area contributed by atoms with Gasteiger partial charge in [-0.15, -0.1) is 10.2 Å². The molecule has 0 aliphatic carbocycles. The van der Waals surface area contributed by atoms with Crippen LogP contribution in [-0.4, -0.2) is 37.1 Å². The second-order valence-electron chi connectivity index (χ2n) is 6.04. The second-order valence-corrected chi connectivity index (χ2v) is 8.85. The Balaban J connectivity index is 1.73. The van der Waals surface area contributed by atoms with Gasteiger partial charge in [-0.05, 0) is 73.5 Å². The van der Waals surface area contributed by atoms with E-state index in [-0.39, 0.29) is 5.15 Å². The summed E-state index contributed by atoms with van der Waals surface area (Å²) in [6.45, 7) is 2.86. The molecule has 1 aromatic carbocycles. The van der Waals surface area contributed by atoms with Crippen molar-refractivity contribution in [2.24, 2.45) is 0 Å². The maximum Gasteiger partial charge on any atom is 0.201 e. The summed E-state index contributed by atoms with van der Waals surface area (Å²) in [5.41, 5.74) is 1.30. The lowest BCUT2D eigenvalue weighted by atomic mass is 10.3. The third-order valence-corrected chi connectivity index (χ3v) is 6.84. The highest BCUT2D eigenvalue weighted by Crippen LogP contribution is 2.37. The van der Waals surface area contributed by atoms with E-state index in [0.29, 0.717) is 20.0 Å². The fourth-order valence-electron chi connectivity index (χ4n) is 2.96. The molecule has 0 spiro atoms.